The summed E-state index contributed by atoms with van der Waals surface area (Å²) in [5.41, 5.74) is 3.81. The molecule has 1 aromatic carbocycles. The lowest BCUT2D eigenvalue weighted by Gasteiger charge is -2.08. The summed E-state index contributed by atoms with van der Waals surface area (Å²) < 4.78 is 8.70. The Labute approximate surface area is 200 Å². The lowest BCUT2D eigenvalue weighted by atomic mass is 10.2. The summed E-state index contributed by atoms with van der Waals surface area (Å²) in [6, 6.07) is 16.1. The number of aryl methyl sites for hydroxylation is 3. The molecule has 0 spiro atoms. The van der Waals surface area contributed by atoms with Gasteiger partial charge in [0.05, 0.1) is 17.6 Å². The minimum Gasteiger partial charge on any atom is -0.463 e. The number of amides is 1. The molecule has 1 N–H and O–H groups in total. The van der Waals surface area contributed by atoms with Crippen LogP contribution in [0.2, 0.25) is 5.02 Å². The molecule has 34 heavy (non-hydrogen) atoms. The summed E-state index contributed by atoms with van der Waals surface area (Å²) in [6.45, 7) is 5.59. The molecular formula is C24H20ClN7O2. The van der Waals surface area contributed by atoms with E-state index < -0.39 is 5.91 Å². The molecule has 0 aliphatic carbocycles. The van der Waals surface area contributed by atoms with Crippen LogP contribution in [-0.4, -0.2) is 35.4 Å². The minimum absolute atomic E-state index is 0.193. The van der Waals surface area contributed by atoms with E-state index in [1.54, 1.807) is 47.3 Å². The fourth-order valence-electron chi connectivity index (χ4n) is 3.62. The fourth-order valence-corrected chi connectivity index (χ4v) is 3.80. The van der Waals surface area contributed by atoms with E-state index in [1.165, 1.54) is 4.68 Å². The second-order valence-electron chi connectivity index (χ2n) is 7.77. The van der Waals surface area contributed by atoms with Crippen molar-refractivity contribution in [2.75, 3.05) is 5.32 Å². The lowest BCUT2D eigenvalue weighted by Crippen LogP contribution is -2.17. The molecular weight excluding hydrogens is 454 g/mol. The minimum atomic E-state index is -0.417. The number of nitrogens with one attached hydrogen (secondary N) is 1. The molecule has 9 nitrogen and oxygen atoms in total. The first-order valence-electron chi connectivity index (χ1n) is 10.5. The number of aromatic nitrogens is 6. The van der Waals surface area contributed by atoms with Crippen LogP contribution in [0.1, 0.15) is 27.6 Å². The second-order valence-corrected chi connectivity index (χ2v) is 8.21. The zero-order chi connectivity index (χ0) is 23.8. The Kier molecular flexibility index (Phi) is 5.46. The standard InChI is InChI=1S/C24H20ClN7O2/c1-14-10-15(2)27-24(26-14)32-22(11-16(3)29-32)28-23(33)19-13-20(21-8-5-9-34-21)31(30-19)18-7-4-6-17(25)12-18/h4-13H,1-3H3,(H,28,33). The van der Waals surface area contributed by atoms with E-state index in [9.17, 15) is 4.79 Å². The maximum Gasteiger partial charge on any atom is 0.277 e. The molecule has 5 rings (SSSR count). The number of benzene rings is 1. The largest absolute Gasteiger partial charge is 0.463 e. The van der Waals surface area contributed by atoms with E-state index in [1.807, 2.05) is 39.0 Å². The van der Waals surface area contributed by atoms with Crippen molar-refractivity contribution in [1.82, 2.24) is 29.5 Å². The Morgan fingerprint density at radius 2 is 1.71 bits per heavy atom. The molecule has 0 saturated heterocycles. The second kappa shape index (κ2) is 8.60. The predicted octanol–water partition coefficient (Wildman–Crippen LogP) is 4.94. The first-order chi connectivity index (χ1) is 16.4. The average Bonchev–Trinajstić information content (AvgIpc) is 3.52. The molecule has 10 heteroatoms. The SMILES string of the molecule is Cc1cc(C)nc(-n2nc(C)cc2NC(=O)c2cc(-c3ccco3)n(-c3cccc(Cl)c3)n2)n1. The summed E-state index contributed by atoms with van der Waals surface area (Å²) in [5, 5.41) is 12.4. The summed E-state index contributed by atoms with van der Waals surface area (Å²) in [4.78, 5) is 22.2. The van der Waals surface area contributed by atoms with Crippen LogP contribution in [0, 0.1) is 20.8 Å². The van der Waals surface area contributed by atoms with Crippen molar-refractivity contribution < 1.29 is 9.21 Å². The third kappa shape index (κ3) is 4.20. The molecule has 0 radical (unpaired) electrons. The monoisotopic (exact) mass is 473 g/mol. The maximum absolute atomic E-state index is 13.2. The van der Waals surface area contributed by atoms with Gasteiger partial charge in [0.1, 0.15) is 11.5 Å². The number of halogens is 1. The van der Waals surface area contributed by atoms with Gasteiger partial charge in [0.15, 0.2) is 11.5 Å². The Bertz CT molecular complexity index is 1480. The molecule has 4 aromatic heterocycles. The highest BCUT2D eigenvalue weighted by Crippen LogP contribution is 2.26. The number of hydrogen-bond acceptors (Lipinski definition) is 6. The molecule has 0 atom stereocenters. The Balaban J connectivity index is 1.53. The van der Waals surface area contributed by atoms with Crippen LogP contribution in [0.3, 0.4) is 0 Å². The molecule has 0 saturated carbocycles. The van der Waals surface area contributed by atoms with Crippen molar-refractivity contribution in [3.8, 4) is 23.1 Å². The molecule has 0 bridgehead atoms. The molecule has 1 amide bonds. The molecule has 0 aliphatic heterocycles. The normalized spacial score (nSPS) is 11.1. The number of anilines is 1. The van der Waals surface area contributed by atoms with E-state index in [-0.39, 0.29) is 5.69 Å². The highest BCUT2D eigenvalue weighted by molar-refractivity contribution is 6.30. The molecule has 0 aliphatic rings. The number of carbonyl (C=O) groups excluding carboxylic acids is 1. The first kappa shape index (κ1) is 21.6. The number of carbonyl (C=O) groups is 1. The van der Waals surface area contributed by atoms with Crippen molar-refractivity contribution in [1.29, 1.82) is 0 Å². The fraction of sp³-hybridized carbons (Fsp3) is 0.125. The Morgan fingerprint density at radius 1 is 0.912 bits per heavy atom. The van der Waals surface area contributed by atoms with Crippen LogP contribution < -0.4 is 5.32 Å². The van der Waals surface area contributed by atoms with Crippen LogP contribution in [0.4, 0.5) is 5.82 Å². The zero-order valence-electron chi connectivity index (χ0n) is 18.7. The highest BCUT2D eigenvalue weighted by atomic mass is 35.5. The van der Waals surface area contributed by atoms with Gasteiger partial charge in [0.25, 0.3) is 11.9 Å². The molecule has 170 valence electrons. The Morgan fingerprint density at radius 3 is 2.41 bits per heavy atom. The topological polar surface area (TPSA) is 104 Å². The van der Waals surface area contributed by atoms with Gasteiger partial charge in [-0.25, -0.2) is 14.6 Å². The van der Waals surface area contributed by atoms with Crippen LogP contribution in [-0.2, 0) is 0 Å². The van der Waals surface area contributed by atoms with Crippen molar-refractivity contribution in [3.05, 3.63) is 88.7 Å². The van der Waals surface area contributed by atoms with Crippen molar-refractivity contribution in [3.63, 3.8) is 0 Å². The maximum atomic E-state index is 13.2. The van der Waals surface area contributed by atoms with Crippen molar-refractivity contribution >= 4 is 23.3 Å². The van der Waals surface area contributed by atoms with Gasteiger partial charge >= 0.3 is 0 Å². The molecule has 0 unspecified atom stereocenters. The van der Waals surface area contributed by atoms with Gasteiger partial charge in [-0.15, -0.1) is 0 Å². The summed E-state index contributed by atoms with van der Waals surface area (Å²) in [5.74, 6) is 0.959. The van der Waals surface area contributed by atoms with Crippen molar-refractivity contribution in [2.45, 2.75) is 20.8 Å². The van der Waals surface area contributed by atoms with E-state index in [0.29, 0.717) is 39.6 Å². The zero-order valence-corrected chi connectivity index (χ0v) is 19.4. The van der Waals surface area contributed by atoms with Gasteiger partial charge in [0, 0.05) is 28.5 Å². The summed E-state index contributed by atoms with van der Waals surface area (Å²) in [6.07, 6.45) is 1.57. The quantitative estimate of drug-likeness (QED) is 0.387. The van der Waals surface area contributed by atoms with Gasteiger partial charge in [-0.3, -0.25) is 4.79 Å². The van der Waals surface area contributed by atoms with Gasteiger partial charge in [-0.05, 0) is 57.2 Å². The van der Waals surface area contributed by atoms with E-state index in [2.05, 4.69) is 25.5 Å². The van der Waals surface area contributed by atoms with Gasteiger partial charge < -0.3 is 9.73 Å². The summed E-state index contributed by atoms with van der Waals surface area (Å²) in [7, 11) is 0. The van der Waals surface area contributed by atoms with Crippen LogP contribution in [0.15, 0.2) is 65.3 Å². The number of furan rings is 1. The van der Waals surface area contributed by atoms with Crippen molar-refractivity contribution in [2.24, 2.45) is 0 Å². The molecule has 5 aromatic rings. The van der Waals surface area contributed by atoms with Crippen LogP contribution in [0.25, 0.3) is 23.1 Å². The van der Waals surface area contributed by atoms with Gasteiger partial charge in [-0.1, -0.05) is 17.7 Å². The van der Waals surface area contributed by atoms with E-state index in [0.717, 1.165) is 11.4 Å². The number of nitrogens with zero attached hydrogens (tertiary/aromatic N) is 6. The third-order valence-corrected chi connectivity index (χ3v) is 5.24. The predicted molar refractivity (Wildman–Crippen MR) is 128 cm³/mol. The van der Waals surface area contributed by atoms with Gasteiger partial charge in [-0.2, -0.15) is 14.9 Å². The first-order valence-corrected chi connectivity index (χ1v) is 10.9. The third-order valence-electron chi connectivity index (χ3n) is 5.00. The van der Waals surface area contributed by atoms with Crippen LogP contribution in [0.5, 0.6) is 0 Å². The highest BCUT2D eigenvalue weighted by Gasteiger charge is 2.21. The van der Waals surface area contributed by atoms with E-state index in [4.69, 9.17) is 16.0 Å². The average molecular weight is 474 g/mol. The number of rotatable bonds is 5. The molecule has 0 fully saturated rings. The Hall–Kier alpha value is -4.24. The molecule has 4 heterocycles. The van der Waals surface area contributed by atoms with Crippen LogP contribution >= 0.6 is 11.6 Å². The van der Waals surface area contributed by atoms with E-state index >= 15 is 0 Å². The lowest BCUT2D eigenvalue weighted by molar-refractivity contribution is 0.102. The number of hydrogen-bond donors (Lipinski definition) is 1. The summed E-state index contributed by atoms with van der Waals surface area (Å²) >= 11 is 6.18. The van der Waals surface area contributed by atoms with Gasteiger partial charge in [0.2, 0.25) is 0 Å². The smallest absolute Gasteiger partial charge is 0.277 e.